The van der Waals surface area contributed by atoms with E-state index in [-0.39, 0.29) is 0 Å². The Morgan fingerprint density at radius 1 is 1.38 bits per heavy atom. The van der Waals surface area contributed by atoms with Crippen molar-refractivity contribution in [3.05, 3.63) is 30.1 Å². The number of hydrogen-bond donors (Lipinski definition) is 1. The first-order valence-electron chi connectivity index (χ1n) is 4.78. The number of nitrogens with two attached hydrogens (primary N) is 1. The Hall–Kier alpha value is -1.95. The second kappa shape index (κ2) is 3.28. The largest absolute Gasteiger partial charge is 0.398 e. The van der Waals surface area contributed by atoms with E-state index in [0.29, 0.717) is 0 Å². The molecule has 0 aliphatic carbocycles. The zero-order valence-electron chi connectivity index (χ0n) is 8.58. The maximum atomic E-state index is 5.97. The SMILES string of the molecule is Cc1cccc(N)c1-c1nn2cnnc2s1. The van der Waals surface area contributed by atoms with Crippen molar-refractivity contribution in [2.24, 2.45) is 0 Å². The molecule has 0 unspecified atom stereocenters. The van der Waals surface area contributed by atoms with Crippen molar-refractivity contribution in [1.29, 1.82) is 0 Å². The lowest BCUT2D eigenvalue weighted by Gasteiger charge is -2.04. The number of nitrogens with zero attached hydrogens (tertiary/aromatic N) is 4. The number of anilines is 1. The molecule has 0 radical (unpaired) electrons. The van der Waals surface area contributed by atoms with Gasteiger partial charge in [-0.05, 0) is 18.6 Å². The lowest BCUT2D eigenvalue weighted by molar-refractivity contribution is 0.959. The molecule has 0 aliphatic rings. The van der Waals surface area contributed by atoms with Gasteiger partial charge in [0.15, 0.2) is 0 Å². The Morgan fingerprint density at radius 3 is 3.00 bits per heavy atom. The van der Waals surface area contributed by atoms with E-state index in [1.54, 1.807) is 10.8 Å². The quantitative estimate of drug-likeness (QED) is 0.648. The van der Waals surface area contributed by atoms with Crippen LogP contribution in [0.1, 0.15) is 5.56 Å². The molecule has 80 valence electrons. The van der Waals surface area contributed by atoms with Crippen LogP contribution in [-0.4, -0.2) is 19.8 Å². The van der Waals surface area contributed by atoms with E-state index in [1.807, 2.05) is 25.1 Å². The molecule has 0 saturated carbocycles. The molecule has 16 heavy (non-hydrogen) atoms. The van der Waals surface area contributed by atoms with E-state index >= 15 is 0 Å². The third-order valence-corrected chi connectivity index (χ3v) is 3.34. The number of nitrogen functional groups attached to an aromatic ring is 1. The maximum Gasteiger partial charge on any atom is 0.234 e. The van der Waals surface area contributed by atoms with Gasteiger partial charge < -0.3 is 5.73 Å². The minimum Gasteiger partial charge on any atom is -0.398 e. The van der Waals surface area contributed by atoms with Gasteiger partial charge in [0.1, 0.15) is 11.3 Å². The molecule has 0 bridgehead atoms. The molecule has 5 nitrogen and oxygen atoms in total. The summed E-state index contributed by atoms with van der Waals surface area (Å²) in [5, 5.41) is 13.0. The Kier molecular flexibility index (Phi) is 1.90. The Bertz CT molecular complexity index is 605. The molecule has 2 N–H and O–H groups in total. The van der Waals surface area contributed by atoms with Gasteiger partial charge in [-0.25, -0.2) is 0 Å². The number of fused-ring (bicyclic) bond motifs is 1. The van der Waals surface area contributed by atoms with E-state index in [9.17, 15) is 0 Å². The Morgan fingerprint density at radius 2 is 2.25 bits per heavy atom. The van der Waals surface area contributed by atoms with Gasteiger partial charge in [-0.2, -0.15) is 9.61 Å². The molecular weight excluding hydrogens is 222 g/mol. The van der Waals surface area contributed by atoms with Crippen molar-refractivity contribution in [2.75, 3.05) is 5.73 Å². The predicted octanol–water partition coefficient (Wildman–Crippen LogP) is 1.74. The van der Waals surface area contributed by atoms with E-state index < -0.39 is 0 Å². The molecule has 1 aromatic carbocycles. The molecule has 0 fully saturated rings. The van der Waals surface area contributed by atoms with Gasteiger partial charge >= 0.3 is 0 Å². The summed E-state index contributed by atoms with van der Waals surface area (Å²) in [6, 6.07) is 5.84. The fraction of sp³-hybridized carbons (Fsp3) is 0.100. The summed E-state index contributed by atoms with van der Waals surface area (Å²) in [5.41, 5.74) is 8.81. The molecule has 0 aliphatic heterocycles. The molecule has 0 spiro atoms. The first-order valence-corrected chi connectivity index (χ1v) is 5.59. The van der Waals surface area contributed by atoms with Crippen LogP contribution in [-0.2, 0) is 0 Å². The summed E-state index contributed by atoms with van der Waals surface area (Å²) in [6.45, 7) is 2.02. The van der Waals surface area contributed by atoms with Crippen molar-refractivity contribution < 1.29 is 0 Å². The summed E-state index contributed by atoms with van der Waals surface area (Å²) < 4.78 is 1.66. The van der Waals surface area contributed by atoms with Gasteiger partial charge in [-0.3, -0.25) is 0 Å². The molecule has 0 amide bonds. The highest BCUT2D eigenvalue weighted by molar-refractivity contribution is 7.19. The van der Waals surface area contributed by atoms with Gasteiger partial charge in [0.25, 0.3) is 0 Å². The fourth-order valence-corrected chi connectivity index (χ4v) is 2.60. The summed E-state index contributed by atoms with van der Waals surface area (Å²) in [5.74, 6) is 0. The lowest BCUT2D eigenvalue weighted by Crippen LogP contribution is -1.93. The average Bonchev–Trinajstić information content (AvgIpc) is 2.77. The Balaban J connectivity index is 2.26. The van der Waals surface area contributed by atoms with Crippen molar-refractivity contribution in [3.63, 3.8) is 0 Å². The summed E-state index contributed by atoms with van der Waals surface area (Å²) >= 11 is 1.48. The van der Waals surface area contributed by atoms with E-state index in [2.05, 4.69) is 15.3 Å². The lowest BCUT2D eigenvalue weighted by atomic mass is 10.1. The van der Waals surface area contributed by atoms with Gasteiger partial charge in [-0.15, -0.1) is 10.2 Å². The van der Waals surface area contributed by atoms with E-state index in [0.717, 1.165) is 26.8 Å². The second-order valence-corrected chi connectivity index (χ2v) is 4.46. The van der Waals surface area contributed by atoms with Crippen LogP contribution in [0.15, 0.2) is 24.5 Å². The highest BCUT2D eigenvalue weighted by Crippen LogP contribution is 2.32. The maximum absolute atomic E-state index is 5.97. The molecule has 0 saturated heterocycles. The van der Waals surface area contributed by atoms with Crippen molar-refractivity contribution in [1.82, 2.24) is 19.8 Å². The Labute approximate surface area is 95.5 Å². The van der Waals surface area contributed by atoms with Gasteiger partial charge in [0.2, 0.25) is 4.96 Å². The number of aromatic nitrogens is 4. The highest BCUT2D eigenvalue weighted by atomic mass is 32.1. The molecule has 3 aromatic rings. The third kappa shape index (κ3) is 1.27. The van der Waals surface area contributed by atoms with Crippen molar-refractivity contribution in [3.8, 4) is 10.6 Å². The van der Waals surface area contributed by atoms with Gasteiger partial charge in [0, 0.05) is 11.3 Å². The molecule has 2 aromatic heterocycles. The molecule has 6 heteroatoms. The molecule has 0 atom stereocenters. The number of rotatable bonds is 1. The first kappa shape index (κ1) is 9.29. The number of benzene rings is 1. The van der Waals surface area contributed by atoms with E-state index in [4.69, 9.17) is 5.73 Å². The summed E-state index contributed by atoms with van der Waals surface area (Å²) in [6.07, 6.45) is 1.59. The smallest absolute Gasteiger partial charge is 0.234 e. The minimum atomic E-state index is 0.741. The minimum absolute atomic E-state index is 0.741. The number of aryl methyl sites for hydroxylation is 1. The monoisotopic (exact) mass is 231 g/mol. The van der Waals surface area contributed by atoms with Crippen molar-refractivity contribution in [2.45, 2.75) is 6.92 Å². The zero-order valence-corrected chi connectivity index (χ0v) is 9.40. The molecule has 3 rings (SSSR count). The normalized spacial score (nSPS) is 11.1. The molecule has 2 heterocycles. The number of hydrogen-bond acceptors (Lipinski definition) is 5. The summed E-state index contributed by atoms with van der Waals surface area (Å²) in [4.78, 5) is 0.776. The summed E-state index contributed by atoms with van der Waals surface area (Å²) in [7, 11) is 0. The topological polar surface area (TPSA) is 69.1 Å². The second-order valence-electron chi connectivity index (χ2n) is 3.50. The first-order chi connectivity index (χ1) is 7.75. The van der Waals surface area contributed by atoms with Crippen LogP contribution < -0.4 is 5.73 Å². The van der Waals surface area contributed by atoms with Crippen LogP contribution in [0.4, 0.5) is 5.69 Å². The average molecular weight is 231 g/mol. The van der Waals surface area contributed by atoms with Gasteiger partial charge in [0.05, 0.1) is 0 Å². The fourth-order valence-electron chi connectivity index (χ4n) is 1.64. The van der Waals surface area contributed by atoms with Crippen LogP contribution in [0.25, 0.3) is 15.5 Å². The highest BCUT2D eigenvalue weighted by Gasteiger charge is 2.12. The van der Waals surface area contributed by atoms with Crippen molar-refractivity contribution >= 4 is 22.0 Å². The van der Waals surface area contributed by atoms with Crippen LogP contribution >= 0.6 is 11.3 Å². The van der Waals surface area contributed by atoms with Crippen LogP contribution in [0, 0.1) is 6.92 Å². The predicted molar refractivity (Wildman–Crippen MR) is 63.2 cm³/mol. The third-order valence-electron chi connectivity index (χ3n) is 2.41. The molecular formula is C10H9N5S. The van der Waals surface area contributed by atoms with Crippen LogP contribution in [0.2, 0.25) is 0 Å². The standard InChI is InChI=1S/C10H9N5S/c1-6-3-2-4-7(11)8(6)9-14-15-5-12-13-10(15)16-9/h2-5H,11H2,1H3. The van der Waals surface area contributed by atoms with Gasteiger partial charge in [-0.1, -0.05) is 23.5 Å². The van der Waals surface area contributed by atoms with Crippen LogP contribution in [0.5, 0.6) is 0 Å². The zero-order chi connectivity index (χ0) is 11.1. The van der Waals surface area contributed by atoms with E-state index in [1.165, 1.54) is 11.3 Å². The van der Waals surface area contributed by atoms with Crippen LogP contribution in [0.3, 0.4) is 0 Å².